The third kappa shape index (κ3) is 4.19. The number of nitrogens with zero attached hydrogens (tertiary/aromatic N) is 2. The van der Waals surface area contributed by atoms with Gasteiger partial charge in [-0.25, -0.2) is 9.98 Å². The van der Waals surface area contributed by atoms with Crippen LogP contribution >= 0.6 is 90.3 Å². The Kier molecular flexibility index (Phi) is 5.30. The van der Waals surface area contributed by atoms with Gasteiger partial charge in [0.1, 0.15) is 7.35 Å². The summed E-state index contributed by atoms with van der Waals surface area (Å²) < 4.78 is 7.87. The highest BCUT2D eigenvalue weighted by molar-refractivity contribution is 14.2. The molecule has 0 spiro atoms. The first-order valence-electron chi connectivity index (χ1n) is 5.88. The van der Waals surface area contributed by atoms with E-state index >= 15 is 0 Å². The van der Waals surface area contributed by atoms with Crippen molar-refractivity contribution in [3.05, 3.63) is 23.8 Å². The highest BCUT2D eigenvalue weighted by Crippen LogP contribution is 2.41. The minimum atomic E-state index is -1.69. The molecule has 0 radical (unpaired) electrons. The molecule has 0 saturated heterocycles. The lowest BCUT2D eigenvalue weighted by Gasteiger charge is -2.20. The lowest BCUT2D eigenvalue weighted by atomic mass is 10.2. The predicted molar refractivity (Wildman–Crippen MR) is 106 cm³/mol. The zero-order valence-electron chi connectivity index (χ0n) is 10.8. The number of hydrogen-bond acceptors (Lipinski definition) is 4. The van der Waals surface area contributed by atoms with Crippen LogP contribution in [0.1, 0.15) is 5.56 Å². The van der Waals surface area contributed by atoms with Gasteiger partial charge in [-0.05, 0) is 38.9 Å². The second-order valence-corrected chi connectivity index (χ2v) is 11.4. The largest absolute Gasteiger partial charge is 0.454 e. The second-order valence-electron chi connectivity index (χ2n) is 4.29. The summed E-state index contributed by atoms with van der Waals surface area (Å²) in [7, 11) is 0. The topological polar surface area (TPSA) is 43.2 Å². The Hall–Kier alpha value is 0.500. The van der Waals surface area contributed by atoms with Crippen molar-refractivity contribution < 1.29 is 9.47 Å². The predicted octanol–water partition coefficient (Wildman–Crippen LogP) is 5.42. The third-order valence-electron chi connectivity index (χ3n) is 2.69. The lowest BCUT2D eigenvalue weighted by Crippen LogP contribution is -2.25. The van der Waals surface area contributed by atoms with E-state index in [2.05, 4.69) is 9.98 Å². The molecule has 124 valence electrons. The first-order valence-corrected chi connectivity index (χ1v) is 10.3. The molecule has 0 fully saturated rings. The molecule has 4 nitrogen and oxygen atoms in total. The first kappa shape index (κ1) is 18.3. The van der Waals surface area contributed by atoms with E-state index in [-0.39, 0.29) is 12.6 Å². The fourth-order valence-electron chi connectivity index (χ4n) is 1.74. The SMILES string of the molecule is ClC(Cl)(Cl)C1=NC(c2ccc3c(c2)OCO3)=NC(C(Cl)(Cl)Cl)=I1. The Morgan fingerprint density at radius 2 is 1.61 bits per heavy atom. The molecule has 0 aromatic heterocycles. The van der Waals surface area contributed by atoms with Gasteiger partial charge < -0.3 is 9.47 Å². The Bertz CT molecular complexity index is 736. The van der Waals surface area contributed by atoms with E-state index in [0.717, 1.165) is 0 Å². The highest BCUT2D eigenvalue weighted by atomic mass is 127. The van der Waals surface area contributed by atoms with E-state index in [0.29, 0.717) is 24.4 Å². The monoisotopic (exact) mass is 546 g/mol. The molecule has 23 heavy (non-hydrogen) atoms. The van der Waals surface area contributed by atoms with Crippen molar-refractivity contribution >= 4 is 104 Å². The molecule has 0 aliphatic carbocycles. The summed E-state index contributed by atoms with van der Waals surface area (Å²) >= 11 is 34.7. The molecular weight excluding hydrogens is 544 g/mol. The smallest absolute Gasteiger partial charge is 0.238 e. The number of benzene rings is 1. The van der Waals surface area contributed by atoms with Gasteiger partial charge in [0.25, 0.3) is 0 Å². The van der Waals surface area contributed by atoms with Gasteiger partial charge in [0.05, 0.1) is 0 Å². The van der Waals surface area contributed by atoms with E-state index in [1.54, 1.807) is 18.2 Å². The van der Waals surface area contributed by atoms with Crippen LogP contribution in [0.25, 0.3) is 0 Å². The lowest BCUT2D eigenvalue weighted by molar-refractivity contribution is 0.174. The van der Waals surface area contributed by atoms with Crippen LogP contribution in [-0.2, 0) is 0 Å². The number of fused-ring (bicyclic) bond motifs is 1. The van der Waals surface area contributed by atoms with Crippen LogP contribution in [0.15, 0.2) is 28.2 Å². The zero-order valence-corrected chi connectivity index (χ0v) is 17.5. The maximum absolute atomic E-state index is 5.96. The molecule has 2 aliphatic heterocycles. The molecule has 2 heterocycles. The molecule has 0 bridgehead atoms. The Labute approximate surface area is 171 Å². The average Bonchev–Trinajstić information content (AvgIpc) is 2.92. The van der Waals surface area contributed by atoms with Crippen LogP contribution in [0.5, 0.6) is 11.5 Å². The van der Waals surface area contributed by atoms with E-state index in [1.165, 1.54) is 0 Å². The average molecular weight is 549 g/mol. The third-order valence-corrected chi connectivity index (χ3v) is 8.80. The summed E-state index contributed by atoms with van der Waals surface area (Å²) in [5.41, 5.74) is 0.636. The van der Waals surface area contributed by atoms with Gasteiger partial charge in [-0.15, -0.1) is 0 Å². The fraction of sp³-hybridized carbons (Fsp3) is 0.250. The molecule has 0 saturated carbocycles. The summed E-state index contributed by atoms with van der Waals surface area (Å²) in [5, 5.41) is 0. The van der Waals surface area contributed by atoms with Crippen LogP contribution in [-0.4, -0.2) is 27.6 Å². The molecule has 3 rings (SSSR count). The van der Waals surface area contributed by atoms with Gasteiger partial charge in [-0.3, -0.25) is 0 Å². The van der Waals surface area contributed by atoms with Crippen LogP contribution in [0.4, 0.5) is 0 Å². The van der Waals surface area contributed by atoms with Crippen molar-refractivity contribution in [2.45, 2.75) is 7.59 Å². The van der Waals surface area contributed by atoms with Crippen LogP contribution in [0.3, 0.4) is 0 Å². The number of ether oxygens (including phenoxy) is 2. The van der Waals surface area contributed by atoms with Crippen molar-refractivity contribution in [3.63, 3.8) is 0 Å². The minimum absolute atomic E-state index is 0.158. The van der Waals surface area contributed by atoms with Gasteiger partial charge in [0, 0.05) is 5.56 Å². The number of hydrogen-bond donors (Lipinski definition) is 0. The molecule has 0 unspecified atom stereocenters. The summed E-state index contributed by atoms with van der Waals surface area (Å²) in [6.45, 7) is 0.158. The summed E-state index contributed by atoms with van der Waals surface area (Å²) in [6.07, 6.45) is 0. The Morgan fingerprint density at radius 3 is 2.26 bits per heavy atom. The quantitative estimate of drug-likeness (QED) is 0.348. The van der Waals surface area contributed by atoms with Crippen molar-refractivity contribution in [3.8, 4) is 11.5 Å². The van der Waals surface area contributed by atoms with E-state index in [9.17, 15) is 0 Å². The Morgan fingerprint density at radius 1 is 0.913 bits per heavy atom. The number of halogens is 7. The minimum Gasteiger partial charge on any atom is -0.454 e. The van der Waals surface area contributed by atoms with Crippen LogP contribution in [0.2, 0.25) is 0 Å². The van der Waals surface area contributed by atoms with Crippen molar-refractivity contribution in [1.82, 2.24) is 0 Å². The molecular formula is C12H5Cl6IN2O2. The van der Waals surface area contributed by atoms with E-state index in [1.807, 2.05) is 0 Å². The number of alkyl halides is 6. The normalized spacial score (nSPS) is 17.9. The molecule has 0 amide bonds. The summed E-state index contributed by atoms with van der Waals surface area (Å²) in [4.78, 5) is 8.68. The van der Waals surface area contributed by atoms with Gasteiger partial charge in [0.15, 0.2) is 17.3 Å². The molecule has 11 heteroatoms. The fourth-order valence-corrected chi connectivity index (χ4v) is 5.22. The van der Waals surface area contributed by atoms with Crippen LogP contribution in [0, 0.1) is 0 Å². The Balaban J connectivity index is 2.08. The molecule has 1 aromatic rings. The molecule has 2 aliphatic rings. The van der Waals surface area contributed by atoms with Crippen LogP contribution < -0.4 is 9.47 Å². The maximum Gasteiger partial charge on any atom is 0.238 e. The first-order chi connectivity index (χ1) is 10.6. The molecule has 0 atom stereocenters. The summed E-state index contributed by atoms with van der Waals surface area (Å²) in [6, 6.07) is 5.22. The number of aliphatic imine (C=N–C) groups is 2. The van der Waals surface area contributed by atoms with Crippen molar-refractivity contribution in [2.24, 2.45) is 9.98 Å². The van der Waals surface area contributed by atoms with Gasteiger partial charge in [0.2, 0.25) is 14.4 Å². The summed E-state index contributed by atoms with van der Waals surface area (Å²) in [5.74, 6) is 1.50. The van der Waals surface area contributed by atoms with Gasteiger partial charge in [-0.2, -0.15) is 0 Å². The van der Waals surface area contributed by atoms with Gasteiger partial charge >= 0.3 is 0 Å². The number of rotatable bonds is 1. The standard InChI is InChI=1S/C12H5Cl6IN2O2/c13-11(14,15)9-19-10(12(16,17)18)21-8(20-9)5-1-2-6-7(3-5)23-4-22-6/h1-3H,4H2. The van der Waals surface area contributed by atoms with E-state index in [4.69, 9.17) is 79.1 Å². The van der Waals surface area contributed by atoms with E-state index < -0.39 is 28.3 Å². The maximum atomic E-state index is 5.96. The van der Waals surface area contributed by atoms with Crippen molar-refractivity contribution in [2.75, 3.05) is 6.79 Å². The molecule has 1 aromatic carbocycles. The van der Waals surface area contributed by atoms with Crippen molar-refractivity contribution in [1.29, 1.82) is 0 Å². The van der Waals surface area contributed by atoms with Gasteiger partial charge in [-0.1, -0.05) is 69.6 Å². The second kappa shape index (κ2) is 6.67. The molecule has 0 N–H and O–H groups in total. The zero-order chi connectivity index (χ0) is 16.8. The number of amidine groups is 1. The highest BCUT2D eigenvalue weighted by Gasteiger charge is 2.36.